The fraction of sp³-hybridized carbons (Fsp3) is 0.739. The highest BCUT2D eigenvalue weighted by Crippen LogP contribution is 2.18. The highest BCUT2D eigenvalue weighted by atomic mass is 28.4. The lowest BCUT2D eigenvalue weighted by molar-refractivity contribution is 0.0687. The van der Waals surface area contributed by atoms with Crippen LogP contribution in [0.1, 0.15) is 52.9 Å². The van der Waals surface area contributed by atoms with Crippen molar-refractivity contribution in [1.29, 1.82) is 0 Å². The van der Waals surface area contributed by atoms with Crippen LogP contribution in [-0.4, -0.2) is 69.8 Å². The van der Waals surface area contributed by atoms with Gasteiger partial charge in [0.1, 0.15) is 0 Å². The highest BCUT2D eigenvalue weighted by Gasteiger charge is 2.40. The molecule has 0 atom stereocenters. The Morgan fingerprint density at radius 1 is 0.812 bits per heavy atom. The summed E-state index contributed by atoms with van der Waals surface area (Å²) in [5.41, 5.74) is 1.10. The molecule has 1 fully saturated rings. The minimum Gasteiger partial charge on any atom is -0.397 e. The fourth-order valence-electron chi connectivity index (χ4n) is 3.56. The summed E-state index contributed by atoms with van der Waals surface area (Å²) in [4.78, 5) is 0. The van der Waals surface area contributed by atoms with Crippen molar-refractivity contribution >= 4 is 23.1 Å². The van der Waals surface area contributed by atoms with E-state index in [9.17, 15) is 0 Å². The first-order chi connectivity index (χ1) is 15.5. The first kappa shape index (κ1) is 29.2. The van der Waals surface area contributed by atoms with E-state index in [4.69, 9.17) is 22.1 Å². The van der Waals surface area contributed by atoms with Crippen molar-refractivity contribution in [3.05, 3.63) is 30.3 Å². The van der Waals surface area contributed by atoms with E-state index in [1.165, 1.54) is 32.1 Å². The monoisotopic (exact) mass is 486 g/mol. The average molecular weight is 487 g/mol. The number of para-hydroxylation sites is 1. The normalized spacial score (nSPS) is 15.2. The number of hydrogen-bond donors (Lipinski definition) is 2. The maximum atomic E-state index is 5.83. The lowest BCUT2D eigenvalue weighted by atomic mass is 9.96. The van der Waals surface area contributed by atoms with Crippen molar-refractivity contribution < 1.29 is 22.1 Å². The van der Waals surface area contributed by atoms with Gasteiger partial charge in [-0.15, -0.1) is 0 Å². The summed E-state index contributed by atoms with van der Waals surface area (Å²) in [6, 6.07) is 10.7. The van der Waals surface area contributed by atoms with Gasteiger partial charge < -0.3 is 32.8 Å². The number of anilines is 1. The van der Waals surface area contributed by atoms with E-state index in [2.05, 4.69) is 10.6 Å². The van der Waals surface area contributed by atoms with Crippen LogP contribution >= 0.6 is 0 Å². The van der Waals surface area contributed by atoms with Crippen molar-refractivity contribution in [2.24, 2.45) is 0 Å². The van der Waals surface area contributed by atoms with E-state index in [1.54, 1.807) is 14.2 Å². The minimum absolute atomic E-state index is 0.618. The molecule has 0 aliphatic heterocycles. The summed E-state index contributed by atoms with van der Waals surface area (Å²) in [7, 11) is -1.09. The maximum Gasteiger partial charge on any atom is 0.515 e. The van der Waals surface area contributed by atoms with Crippen LogP contribution in [0.2, 0.25) is 6.55 Å². The summed E-state index contributed by atoms with van der Waals surface area (Å²) in [5.74, 6) is 0. The van der Waals surface area contributed by atoms with Crippen molar-refractivity contribution in [3.8, 4) is 0 Å². The van der Waals surface area contributed by atoms with Gasteiger partial charge in [0, 0.05) is 45.8 Å². The second-order valence-electron chi connectivity index (χ2n) is 7.96. The third kappa shape index (κ3) is 11.4. The van der Waals surface area contributed by atoms with Crippen molar-refractivity contribution in [2.45, 2.75) is 65.5 Å². The standard InChI is InChI=1S/C13H29NO3Si.C10H17NO2Si/c1-4-15-18(16-5-2,17-6-3)12-14-13-10-8-7-9-11-13;1-12-14(3,13-2)9-11-10-7-5-4-6-8-10/h13-14H,4-12H2,1-3H3;4-8,11H,9H2,1-3H3. The molecular weight excluding hydrogens is 440 g/mol. The zero-order chi connectivity index (χ0) is 23.7. The SMILES string of the molecule is CCO[Si](CNC1CCCCC1)(OCC)OCC.CO[Si](C)(CNc1ccccc1)OC. The van der Waals surface area contributed by atoms with E-state index in [0.29, 0.717) is 25.9 Å². The molecule has 9 heteroatoms. The smallest absolute Gasteiger partial charge is 0.397 e. The Labute approximate surface area is 198 Å². The Hall–Kier alpha value is -0.786. The largest absolute Gasteiger partial charge is 0.515 e. The Balaban J connectivity index is 0.000000330. The first-order valence-electron chi connectivity index (χ1n) is 12.0. The number of benzene rings is 1. The summed E-state index contributed by atoms with van der Waals surface area (Å²) < 4.78 is 28.2. The second kappa shape index (κ2) is 16.8. The Morgan fingerprint density at radius 3 is 1.81 bits per heavy atom. The summed E-state index contributed by atoms with van der Waals surface area (Å²) in [5, 5.41) is 6.90. The topological polar surface area (TPSA) is 70.2 Å². The van der Waals surface area contributed by atoms with Crippen LogP contribution in [-0.2, 0) is 22.1 Å². The summed E-state index contributed by atoms with van der Waals surface area (Å²) >= 11 is 0. The van der Waals surface area contributed by atoms with Gasteiger partial charge in [-0.1, -0.05) is 37.5 Å². The second-order valence-corrected chi connectivity index (χ2v) is 14.0. The van der Waals surface area contributed by atoms with Gasteiger partial charge in [0.2, 0.25) is 0 Å². The molecule has 1 aliphatic carbocycles. The molecule has 0 unspecified atom stereocenters. The predicted octanol–water partition coefficient (Wildman–Crippen LogP) is 4.50. The molecule has 1 saturated carbocycles. The van der Waals surface area contributed by atoms with Crippen LogP contribution in [0.4, 0.5) is 5.69 Å². The predicted molar refractivity (Wildman–Crippen MR) is 136 cm³/mol. The van der Waals surface area contributed by atoms with Gasteiger partial charge in [-0.25, -0.2) is 0 Å². The van der Waals surface area contributed by atoms with Gasteiger partial charge in [-0.3, -0.25) is 0 Å². The highest BCUT2D eigenvalue weighted by molar-refractivity contribution is 6.66. The molecule has 0 heterocycles. The summed E-state index contributed by atoms with van der Waals surface area (Å²) in [6.45, 7) is 9.99. The zero-order valence-electron chi connectivity index (χ0n) is 21.1. The third-order valence-electron chi connectivity index (χ3n) is 5.56. The van der Waals surface area contributed by atoms with E-state index < -0.39 is 17.4 Å². The van der Waals surface area contributed by atoms with Crippen LogP contribution in [0, 0.1) is 0 Å². The van der Waals surface area contributed by atoms with E-state index in [0.717, 1.165) is 18.0 Å². The molecule has 0 spiro atoms. The molecule has 0 amide bonds. The van der Waals surface area contributed by atoms with Crippen molar-refractivity contribution in [2.75, 3.05) is 51.7 Å². The van der Waals surface area contributed by atoms with Crippen molar-refractivity contribution in [3.63, 3.8) is 0 Å². The minimum atomic E-state index is -2.49. The van der Waals surface area contributed by atoms with Crippen LogP contribution in [0.15, 0.2) is 30.3 Å². The number of rotatable bonds is 14. The van der Waals surface area contributed by atoms with Gasteiger partial charge in [0.15, 0.2) is 0 Å². The zero-order valence-corrected chi connectivity index (χ0v) is 23.1. The van der Waals surface area contributed by atoms with Gasteiger partial charge in [-0.05, 0) is 52.3 Å². The molecule has 32 heavy (non-hydrogen) atoms. The lowest BCUT2D eigenvalue weighted by Crippen LogP contribution is -2.56. The lowest BCUT2D eigenvalue weighted by Gasteiger charge is -2.31. The first-order valence-corrected chi connectivity index (χ1v) is 16.5. The molecule has 2 rings (SSSR count). The Kier molecular flexibility index (Phi) is 15.3. The molecular formula is C23H46N2O5Si2. The molecule has 1 aliphatic rings. The maximum absolute atomic E-state index is 5.83. The number of nitrogens with one attached hydrogen (secondary N) is 2. The number of hydrogen-bond acceptors (Lipinski definition) is 7. The van der Waals surface area contributed by atoms with E-state index in [1.807, 2.05) is 57.7 Å². The van der Waals surface area contributed by atoms with Crippen LogP contribution in [0.5, 0.6) is 0 Å². The van der Waals surface area contributed by atoms with E-state index >= 15 is 0 Å². The molecule has 7 nitrogen and oxygen atoms in total. The van der Waals surface area contributed by atoms with Crippen LogP contribution in [0.25, 0.3) is 0 Å². The Morgan fingerprint density at radius 2 is 1.34 bits per heavy atom. The van der Waals surface area contributed by atoms with Gasteiger partial charge >= 0.3 is 17.4 Å². The van der Waals surface area contributed by atoms with Crippen LogP contribution < -0.4 is 10.6 Å². The Bertz CT molecular complexity index is 556. The van der Waals surface area contributed by atoms with Crippen molar-refractivity contribution in [1.82, 2.24) is 5.32 Å². The summed E-state index contributed by atoms with van der Waals surface area (Å²) in [6.07, 6.45) is 8.10. The quantitative estimate of drug-likeness (QED) is 0.375. The van der Waals surface area contributed by atoms with Crippen LogP contribution in [0.3, 0.4) is 0 Å². The van der Waals surface area contributed by atoms with Gasteiger partial charge in [-0.2, -0.15) is 0 Å². The molecule has 0 aromatic heterocycles. The van der Waals surface area contributed by atoms with Gasteiger partial charge in [0.05, 0.1) is 12.3 Å². The molecule has 0 saturated heterocycles. The molecule has 2 N–H and O–H groups in total. The van der Waals surface area contributed by atoms with E-state index in [-0.39, 0.29) is 0 Å². The fourth-order valence-corrected chi connectivity index (χ4v) is 6.96. The molecule has 1 aromatic rings. The molecule has 0 bridgehead atoms. The molecule has 186 valence electrons. The average Bonchev–Trinajstić information content (AvgIpc) is 2.83. The third-order valence-corrected chi connectivity index (χ3v) is 10.9. The molecule has 0 radical (unpaired) electrons. The van der Waals surface area contributed by atoms with Gasteiger partial charge in [0.25, 0.3) is 0 Å². The molecule has 1 aromatic carbocycles.